The fourth-order valence-electron chi connectivity index (χ4n) is 7.80. The molecule has 5 N–H and O–H groups in total. The van der Waals surface area contributed by atoms with Crippen molar-refractivity contribution in [2.75, 3.05) is 49.1 Å². The Kier molecular flexibility index (Phi) is 10.5. The number of para-hydroxylation sites is 1. The van der Waals surface area contributed by atoms with Gasteiger partial charge in [-0.05, 0) is 67.5 Å². The number of carbonyl (C=O) groups is 1. The SMILES string of the molecule is Cc1[nH]nc2c1-c1cccc3c(CCCOc4cccc5ccccc45)c(C(=O)O)n(c13)CCCN(c1ccc(N3CCNCC3)cc1)C2.NS. The van der Waals surface area contributed by atoms with Crippen LogP contribution in [0.3, 0.4) is 0 Å². The molecule has 2 aliphatic rings. The molecule has 0 atom stereocenters. The molecule has 1 fully saturated rings. The molecule has 11 heteroatoms. The maximum Gasteiger partial charge on any atom is 0.352 e. The van der Waals surface area contributed by atoms with E-state index in [-0.39, 0.29) is 0 Å². The van der Waals surface area contributed by atoms with Crippen LogP contribution in [-0.2, 0) is 19.5 Å². The summed E-state index contributed by atoms with van der Waals surface area (Å²) in [5, 5.41) is 29.6. The molecule has 0 spiro atoms. The monoisotopic (exact) mass is 703 g/mol. The number of aryl methyl sites for hydroxylation is 3. The summed E-state index contributed by atoms with van der Waals surface area (Å²) >= 11 is 3.03. The van der Waals surface area contributed by atoms with Crippen LogP contribution < -0.4 is 25.0 Å². The predicted octanol–water partition coefficient (Wildman–Crippen LogP) is 6.81. The number of piperazine rings is 1. The van der Waals surface area contributed by atoms with Crippen molar-refractivity contribution in [2.24, 2.45) is 5.14 Å². The highest BCUT2D eigenvalue weighted by Crippen LogP contribution is 2.39. The number of benzene rings is 4. The number of fused-ring (bicyclic) bond motifs is 3. The minimum Gasteiger partial charge on any atom is -0.493 e. The van der Waals surface area contributed by atoms with Crippen LogP contribution >= 0.6 is 12.8 Å². The highest BCUT2D eigenvalue weighted by molar-refractivity contribution is 7.77. The standard InChI is InChI=1S/C40H42N6O3.H3NS/c1-27-37-34-12-5-11-32-33(13-6-25-49-36-14-4-9-28-8-2-3-10-31(28)36)39(40(47)48)46(38(32)34)22-7-21-45(26-35(37)43-42-27)30-17-15-29(16-18-30)44-23-19-41-20-24-44;1-2/h2-5,8-12,14-18,41H,6-7,13,19-26H2,1H3,(H,42,43)(H,47,48);2H,1H2. The Bertz CT molecular complexity index is 2130. The van der Waals surface area contributed by atoms with E-state index in [4.69, 9.17) is 9.84 Å². The molecular formula is C40H45N7O3S. The summed E-state index contributed by atoms with van der Waals surface area (Å²) in [4.78, 5) is 17.9. The number of anilines is 2. The predicted molar refractivity (Wildman–Crippen MR) is 209 cm³/mol. The van der Waals surface area contributed by atoms with E-state index in [1.54, 1.807) is 0 Å². The van der Waals surface area contributed by atoms with Gasteiger partial charge in [-0.25, -0.2) is 4.79 Å². The van der Waals surface area contributed by atoms with E-state index in [1.807, 2.05) is 24.3 Å². The Morgan fingerprint density at radius 1 is 0.882 bits per heavy atom. The third-order valence-corrected chi connectivity index (χ3v) is 10.1. The number of rotatable bonds is 8. The first-order valence-corrected chi connectivity index (χ1v) is 18.2. The summed E-state index contributed by atoms with van der Waals surface area (Å²) in [7, 11) is 0. The number of aromatic nitrogens is 3. The zero-order valence-electron chi connectivity index (χ0n) is 28.9. The molecule has 4 aromatic carbocycles. The molecule has 6 aromatic rings. The van der Waals surface area contributed by atoms with E-state index in [2.05, 4.69) is 110 Å². The number of nitrogens with one attached hydrogen (secondary N) is 2. The minimum atomic E-state index is -0.895. The van der Waals surface area contributed by atoms with E-state index in [1.165, 1.54) is 5.69 Å². The molecule has 0 aliphatic carbocycles. The van der Waals surface area contributed by atoms with Gasteiger partial charge in [0.15, 0.2) is 0 Å². The zero-order valence-corrected chi connectivity index (χ0v) is 29.8. The fraction of sp³-hybridized carbons (Fsp3) is 0.300. The maximum atomic E-state index is 13.1. The van der Waals surface area contributed by atoms with E-state index in [9.17, 15) is 9.90 Å². The van der Waals surface area contributed by atoms with Gasteiger partial charge in [-0.15, -0.1) is 12.8 Å². The molecule has 10 nitrogen and oxygen atoms in total. The van der Waals surface area contributed by atoms with Crippen molar-refractivity contribution in [1.29, 1.82) is 0 Å². The van der Waals surface area contributed by atoms with Gasteiger partial charge in [0.05, 0.1) is 24.4 Å². The van der Waals surface area contributed by atoms with Crippen molar-refractivity contribution in [3.05, 3.63) is 108 Å². The van der Waals surface area contributed by atoms with Crippen LogP contribution in [0.25, 0.3) is 32.8 Å². The molecule has 4 heterocycles. The van der Waals surface area contributed by atoms with Crippen LogP contribution in [0.5, 0.6) is 5.75 Å². The largest absolute Gasteiger partial charge is 0.493 e. The molecular weight excluding hydrogens is 659 g/mol. The van der Waals surface area contributed by atoms with Crippen molar-refractivity contribution in [1.82, 2.24) is 20.1 Å². The van der Waals surface area contributed by atoms with Gasteiger partial charge >= 0.3 is 5.97 Å². The molecule has 0 saturated carbocycles. The molecule has 51 heavy (non-hydrogen) atoms. The molecule has 0 unspecified atom stereocenters. The van der Waals surface area contributed by atoms with E-state index in [0.29, 0.717) is 38.2 Å². The van der Waals surface area contributed by atoms with Gasteiger partial charge in [-0.2, -0.15) is 5.10 Å². The Balaban J connectivity index is 0.00000200. The smallest absolute Gasteiger partial charge is 0.352 e. The number of carboxylic acids is 1. The number of aromatic amines is 1. The van der Waals surface area contributed by atoms with Crippen molar-refractivity contribution >= 4 is 51.8 Å². The molecule has 0 amide bonds. The molecule has 0 bridgehead atoms. The summed E-state index contributed by atoms with van der Waals surface area (Å²) in [6.07, 6.45) is 2.09. The first-order chi connectivity index (χ1) is 25.1. The van der Waals surface area contributed by atoms with E-state index in [0.717, 1.165) is 100 Å². The van der Waals surface area contributed by atoms with Gasteiger partial charge in [-0.3, -0.25) is 10.2 Å². The third kappa shape index (κ3) is 6.89. The number of ether oxygens (including phenoxy) is 1. The van der Waals surface area contributed by atoms with Crippen molar-refractivity contribution in [3.8, 4) is 16.9 Å². The normalized spacial score (nSPS) is 14.6. The van der Waals surface area contributed by atoms with Gasteiger partial charge in [0.1, 0.15) is 11.4 Å². The highest BCUT2D eigenvalue weighted by atomic mass is 32.1. The number of H-pyrrole nitrogens is 1. The lowest BCUT2D eigenvalue weighted by molar-refractivity contribution is 0.0684. The molecule has 2 aliphatic heterocycles. The second-order valence-corrected chi connectivity index (χ2v) is 13.1. The summed E-state index contributed by atoms with van der Waals surface area (Å²) in [6, 6.07) is 29.4. The highest BCUT2D eigenvalue weighted by Gasteiger charge is 2.28. The van der Waals surface area contributed by atoms with Crippen LogP contribution in [0.15, 0.2) is 84.9 Å². The van der Waals surface area contributed by atoms with Gasteiger partial charge < -0.3 is 29.5 Å². The number of aromatic carboxylic acids is 1. The number of thiol groups is 1. The van der Waals surface area contributed by atoms with Crippen LogP contribution in [0.2, 0.25) is 0 Å². The van der Waals surface area contributed by atoms with Crippen LogP contribution in [0.1, 0.15) is 40.3 Å². The van der Waals surface area contributed by atoms with Gasteiger partial charge in [-0.1, -0.05) is 54.6 Å². The lowest BCUT2D eigenvalue weighted by Crippen LogP contribution is -2.43. The van der Waals surface area contributed by atoms with Crippen LogP contribution in [0, 0.1) is 6.92 Å². The van der Waals surface area contributed by atoms with Gasteiger partial charge in [0, 0.05) is 78.2 Å². The summed E-state index contributed by atoms with van der Waals surface area (Å²) in [5.41, 5.74) is 8.63. The summed E-state index contributed by atoms with van der Waals surface area (Å²) < 4.78 is 8.32. The van der Waals surface area contributed by atoms with Crippen molar-refractivity contribution < 1.29 is 14.6 Å². The van der Waals surface area contributed by atoms with E-state index >= 15 is 0 Å². The molecule has 8 rings (SSSR count). The van der Waals surface area contributed by atoms with E-state index < -0.39 is 5.97 Å². The Morgan fingerprint density at radius 3 is 2.37 bits per heavy atom. The Hall–Kier alpha value is -4.97. The number of nitrogens with zero attached hydrogens (tertiary/aromatic N) is 4. The third-order valence-electron chi connectivity index (χ3n) is 10.1. The Morgan fingerprint density at radius 2 is 1.59 bits per heavy atom. The fourth-order valence-corrected chi connectivity index (χ4v) is 7.80. The first kappa shape index (κ1) is 34.5. The average Bonchev–Trinajstić information content (AvgIpc) is 3.70. The quantitative estimate of drug-likeness (QED) is 0.0866. The lowest BCUT2D eigenvalue weighted by atomic mass is 9.98. The molecule has 1 saturated heterocycles. The van der Waals surface area contributed by atoms with Crippen LogP contribution in [0.4, 0.5) is 11.4 Å². The maximum absolute atomic E-state index is 13.1. The second kappa shape index (κ2) is 15.5. The summed E-state index contributed by atoms with van der Waals surface area (Å²) in [5.74, 6) is -0.0423. The second-order valence-electron chi connectivity index (χ2n) is 13.1. The number of hydrogen-bond donors (Lipinski definition) is 5. The number of carboxylic acid groups (broad SMARTS) is 1. The molecule has 0 radical (unpaired) electrons. The lowest BCUT2D eigenvalue weighted by Gasteiger charge is -2.30. The molecule has 264 valence electrons. The average molecular weight is 704 g/mol. The zero-order chi connectivity index (χ0) is 35.3. The number of nitrogens with two attached hydrogens (primary N) is 1. The first-order valence-electron chi connectivity index (χ1n) is 17.7. The van der Waals surface area contributed by atoms with Crippen molar-refractivity contribution in [2.45, 2.75) is 39.3 Å². The Labute approximate surface area is 303 Å². The van der Waals surface area contributed by atoms with Crippen LogP contribution in [-0.4, -0.2) is 65.2 Å². The minimum absolute atomic E-state index is 0.378. The van der Waals surface area contributed by atoms with Gasteiger partial charge in [0.2, 0.25) is 0 Å². The molecule has 2 aromatic heterocycles. The van der Waals surface area contributed by atoms with Gasteiger partial charge in [0.25, 0.3) is 0 Å². The number of hydrogen-bond acceptors (Lipinski definition) is 8. The summed E-state index contributed by atoms with van der Waals surface area (Å²) in [6.45, 7) is 8.60. The topological polar surface area (TPSA) is 125 Å². The van der Waals surface area contributed by atoms with Crippen molar-refractivity contribution in [3.63, 3.8) is 0 Å².